The molecule has 1 aliphatic rings. The van der Waals surface area contributed by atoms with E-state index in [0.29, 0.717) is 12.0 Å². The zero-order valence-electron chi connectivity index (χ0n) is 10.1. The standard InChI is InChI=1S/C13H17Br3N2/c14-9-5-10(15)13(11(16)6-9)18-12-4-2-1-3-8(12)7-17/h5-6,8,12,18H,1-4,7,17H2. The molecular formula is C13H17Br3N2. The maximum Gasteiger partial charge on any atom is 0.0632 e. The maximum absolute atomic E-state index is 5.88. The number of nitrogens with two attached hydrogens (primary N) is 1. The van der Waals surface area contributed by atoms with E-state index in [0.717, 1.165) is 25.7 Å². The van der Waals surface area contributed by atoms with Gasteiger partial charge < -0.3 is 11.1 Å². The van der Waals surface area contributed by atoms with Crippen molar-refractivity contribution in [1.29, 1.82) is 0 Å². The van der Waals surface area contributed by atoms with Crippen molar-refractivity contribution in [1.82, 2.24) is 0 Å². The monoisotopic (exact) mass is 438 g/mol. The number of nitrogens with one attached hydrogen (secondary N) is 1. The summed E-state index contributed by atoms with van der Waals surface area (Å²) in [6.07, 6.45) is 5.04. The fraction of sp³-hybridized carbons (Fsp3) is 0.538. The molecular weight excluding hydrogens is 424 g/mol. The van der Waals surface area contributed by atoms with Crippen LogP contribution in [0.15, 0.2) is 25.6 Å². The summed E-state index contributed by atoms with van der Waals surface area (Å²) in [4.78, 5) is 0. The first-order valence-electron chi connectivity index (χ1n) is 6.23. The normalized spacial score (nSPS) is 24.0. The van der Waals surface area contributed by atoms with Crippen LogP contribution >= 0.6 is 47.8 Å². The summed E-state index contributed by atoms with van der Waals surface area (Å²) >= 11 is 10.7. The number of benzene rings is 1. The second kappa shape index (κ2) is 6.73. The van der Waals surface area contributed by atoms with Gasteiger partial charge in [0.2, 0.25) is 0 Å². The van der Waals surface area contributed by atoms with Gasteiger partial charge in [0.25, 0.3) is 0 Å². The van der Waals surface area contributed by atoms with Gasteiger partial charge in [-0.05, 0) is 69.3 Å². The molecule has 0 bridgehead atoms. The Labute approximate surface area is 133 Å². The molecule has 3 N–H and O–H groups in total. The molecule has 1 aliphatic carbocycles. The van der Waals surface area contributed by atoms with Crippen molar-refractivity contribution in [2.24, 2.45) is 11.7 Å². The highest BCUT2D eigenvalue weighted by Gasteiger charge is 2.24. The highest BCUT2D eigenvalue weighted by Crippen LogP contribution is 2.37. The van der Waals surface area contributed by atoms with E-state index in [2.05, 4.69) is 65.2 Å². The molecule has 0 heterocycles. The number of rotatable bonds is 3. The Morgan fingerprint density at radius 3 is 2.33 bits per heavy atom. The highest BCUT2D eigenvalue weighted by atomic mass is 79.9. The van der Waals surface area contributed by atoms with Gasteiger partial charge in [0.1, 0.15) is 0 Å². The Kier molecular flexibility index (Phi) is 5.54. The third kappa shape index (κ3) is 3.50. The van der Waals surface area contributed by atoms with E-state index in [1.54, 1.807) is 0 Å². The van der Waals surface area contributed by atoms with Crippen molar-refractivity contribution in [2.75, 3.05) is 11.9 Å². The van der Waals surface area contributed by atoms with Crippen molar-refractivity contribution in [3.8, 4) is 0 Å². The summed E-state index contributed by atoms with van der Waals surface area (Å²) in [5.74, 6) is 0.584. The van der Waals surface area contributed by atoms with E-state index in [9.17, 15) is 0 Å². The number of anilines is 1. The number of halogens is 3. The van der Waals surface area contributed by atoms with Crippen LogP contribution in [0, 0.1) is 5.92 Å². The second-order valence-electron chi connectivity index (χ2n) is 4.78. The molecule has 0 saturated heterocycles. The molecule has 1 aromatic carbocycles. The summed E-state index contributed by atoms with van der Waals surface area (Å²) in [6.45, 7) is 0.767. The van der Waals surface area contributed by atoms with Gasteiger partial charge in [-0.3, -0.25) is 0 Å². The van der Waals surface area contributed by atoms with Crippen LogP contribution in [-0.2, 0) is 0 Å². The van der Waals surface area contributed by atoms with Crippen LogP contribution in [0.5, 0.6) is 0 Å². The molecule has 2 nitrogen and oxygen atoms in total. The third-order valence-electron chi connectivity index (χ3n) is 3.55. The molecule has 1 saturated carbocycles. The summed E-state index contributed by atoms with van der Waals surface area (Å²) < 4.78 is 3.21. The molecule has 0 aromatic heterocycles. The summed E-state index contributed by atoms with van der Waals surface area (Å²) in [7, 11) is 0. The minimum Gasteiger partial charge on any atom is -0.380 e. The lowest BCUT2D eigenvalue weighted by atomic mass is 9.84. The molecule has 18 heavy (non-hydrogen) atoms. The lowest BCUT2D eigenvalue weighted by Crippen LogP contribution is -2.36. The van der Waals surface area contributed by atoms with Crippen molar-refractivity contribution < 1.29 is 0 Å². The van der Waals surface area contributed by atoms with Gasteiger partial charge in [-0.1, -0.05) is 28.8 Å². The van der Waals surface area contributed by atoms with Crippen molar-refractivity contribution in [3.05, 3.63) is 25.6 Å². The van der Waals surface area contributed by atoms with Crippen LogP contribution in [0.4, 0.5) is 5.69 Å². The summed E-state index contributed by atoms with van der Waals surface area (Å²) in [6, 6.07) is 4.61. The van der Waals surface area contributed by atoms with Gasteiger partial charge in [-0.2, -0.15) is 0 Å². The van der Waals surface area contributed by atoms with Crippen molar-refractivity contribution >= 4 is 53.5 Å². The zero-order chi connectivity index (χ0) is 13.1. The Morgan fingerprint density at radius 1 is 1.11 bits per heavy atom. The SMILES string of the molecule is NCC1CCCCC1Nc1c(Br)cc(Br)cc1Br. The predicted molar refractivity (Wildman–Crippen MR) is 88.0 cm³/mol. The molecule has 2 atom stereocenters. The molecule has 2 unspecified atom stereocenters. The lowest BCUT2D eigenvalue weighted by molar-refractivity contribution is 0.332. The quantitative estimate of drug-likeness (QED) is 0.701. The van der Waals surface area contributed by atoms with E-state index in [1.165, 1.54) is 25.7 Å². The van der Waals surface area contributed by atoms with Crippen LogP contribution in [0.1, 0.15) is 25.7 Å². The topological polar surface area (TPSA) is 38.0 Å². The molecule has 2 rings (SSSR count). The molecule has 0 aliphatic heterocycles. The summed E-state index contributed by atoms with van der Waals surface area (Å²) in [5, 5.41) is 3.65. The fourth-order valence-corrected chi connectivity index (χ4v) is 5.03. The number of hydrogen-bond acceptors (Lipinski definition) is 2. The Hall–Kier alpha value is 0.420. The van der Waals surface area contributed by atoms with E-state index in [1.807, 2.05) is 0 Å². The molecule has 100 valence electrons. The first-order chi connectivity index (χ1) is 8.61. The second-order valence-corrected chi connectivity index (χ2v) is 7.40. The van der Waals surface area contributed by atoms with E-state index >= 15 is 0 Å². The fourth-order valence-electron chi connectivity index (χ4n) is 2.55. The lowest BCUT2D eigenvalue weighted by Gasteiger charge is -2.32. The largest absolute Gasteiger partial charge is 0.380 e. The minimum atomic E-state index is 0.484. The molecule has 5 heteroatoms. The third-order valence-corrected chi connectivity index (χ3v) is 5.26. The van der Waals surface area contributed by atoms with Crippen LogP contribution < -0.4 is 11.1 Å². The minimum absolute atomic E-state index is 0.484. The Bertz CT molecular complexity index is 400. The van der Waals surface area contributed by atoms with Gasteiger partial charge >= 0.3 is 0 Å². The predicted octanol–water partition coefficient (Wildman–Crippen LogP) is 4.90. The van der Waals surface area contributed by atoms with Gasteiger partial charge in [0, 0.05) is 19.5 Å². The van der Waals surface area contributed by atoms with Crippen LogP contribution in [0.2, 0.25) is 0 Å². The van der Waals surface area contributed by atoms with Gasteiger partial charge in [-0.25, -0.2) is 0 Å². The first kappa shape index (κ1) is 14.8. The molecule has 0 amide bonds. The van der Waals surface area contributed by atoms with E-state index < -0.39 is 0 Å². The first-order valence-corrected chi connectivity index (χ1v) is 8.61. The van der Waals surface area contributed by atoms with Crippen LogP contribution in [0.25, 0.3) is 0 Å². The molecule has 0 radical (unpaired) electrons. The number of hydrogen-bond donors (Lipinski definition) is 2. The van der Waals surface area contributed by atoms with E-state index in [4.69, 9.17) is 5.73 Å². The smallest absolute Gasteiger partial charge is 0.0632 e. The van der Waals surface area contributed by atoms with E-state index in [-0.39, 0.29) is 0 Å². The average molecular weight is 441 g/mol. The molecule has 1 fully saturated rings. The zero-order valence-corrected chi connectivity index (χ0v) is 14.8. The van der Waals surface area contributed by atoms with Gasteiger partial charge in [0.05, 0.1) is 5.69 Å². The van der Waals surface area contributed by atoms with Crippen LogP contribution in [0.3, 0.4) is 0 Å². The molecule has 0 spiro atoms. The summed E-state index contributed by atoms with van der Waals surface area (Å²) in [5.41, 5.74) is 7.00. The maximum atomic E-state index is 5.88. The van der Waals surface area contributed by atoms with Gasteiger partial charge in [-0.15, -0.1) is 0 Å². The molecule has 1 aromatic rings. The highest BCUT2D eigenvalue weighted by molar-refractivity contribution is 9.11. The Balaban J connectivity index is 2.17. The van der Waals surface area contributed by atoms with Gasteiger partial charge in [0.15, 0.2) is 0 Å². The Morgan fingerprint density at radius 2 is 1.72 bits per heavy atom. The van der Waals surface area contributed by atoms with Crippen molar-refractivity contribution in [3.63, 3.8) is 0 Å². The van der Waals surface area contributed by atoms with Crippen LogP contribution in [-0.4, -0.2) is 12.6 Å². The van der Waals surface area contributed by atoms with Crippen molar-refractivity contribution in [2.45, 2.75) is 31.7 Å². The average Bonchev–Trinajstić information content (AvgIpc) is 2.34.